The Kier molecular flexibility index (Phi) is 3.45. The molecule has 0 aliphatic carbocycles. The average Bonchev–Trinajstić information content (AvgIpc) is 2.27. The first kappa shape index (κ1) is 12.3. The molecule has 0 radical (unpaired) electrons. The van der Waals surface area contributed by atoms with Crippen molar-refractivity contribution in [2.75, 3.05) is 0 Å². The van der Waals surface area contributed by atoms with Crippen molar-refractivity contribution in [3.05, 3.63) is 58.6 Å². The second-order valence-corrected chi connectivity index (χ2v) is 3.90. The van der Waals surface area contributed by atoms with Gasteiger partial charge in [0.1, 0.15) is 29.2 Å². The maximum atomic E-state index is 13.0. The maximum absolute atomic E-state index is 13.0. The van der Waals surface area contributed by atoms with Gasteiger partial charge >= 0.3 is 0 Å². The third-order valence-electron chi connectivity index (χ3n) is 2.13. The molecule has 5 heteroatoms. The van der Waals surface area contributed by atoms with E-state index >= 15 is 0 Å². The largest absolute Gasteiger partial charge is 0.456 e. The normalized spacial score (nSPS) is 9.89. The van der Waals surface area contributed by atoms with Crippen LogP contribution in [0.1, 0.15) is 5.56 Å². The van der Waals surface area contributed by atoms with Crippen molar-refractivity contribution in [3.8, 4) is 17.6 Å². The van der Waals surface area contributed by atoms with Crippen LogP contribution in [0.2, 0.25) is 5.02 Å². The smallest absolute Gasteiger partial charge is 0.146 e. The molecule has 0 unspecified atom stereocenters. The number of halogens is 3. The van der Waals surface area contributed by atoms with Gasteiger partial charge in [0.05, 0.1) is 5.56 Å². The van der Waals surface area contributed by atoms with Crippen molar-refractivity contribution < 1.29 is 13.5 Å². The van der Waals surface area contributed by atoms with Gasteiger partial charge in [0.15, 0.2) is 0 Å². The molecule has 0 aliphatic rings. The molecule has 2 aromatic rings. The van der Waals surface area contributed by atoms with Crippen molar-refractivity contribution in [1.82, 2.24) is 0 Å². The van der Waals surface area contributed by atoms with Crippen molar-refractivity contribution in [2.45, 2.75) is 0 Å². The number of nitrogens with zero attached hydrogens (tertiary/aromatic N) is 1. The highest BCUT2D eigenvalue weighted by Crippen LogP contribution is 2.28. The molecule has 0 saturated carbocycles. The predicted molar refractivity (Wildman–Crippen MR) is 62.6 cm³/mol. The lowest BCUT2D eigenvalue weighted by Crippen LogP contribution is -1.90. The summed E-state index contributed by atoms with van der Waals surface area (Å²) in [6.45, 7) is 0. The first-order chi connectivity index (χ1) is 8.58. The van der Waals surface area contributed by atoms with E-state index in [1.54, 1.807) is 0 Å². The molecule has 0 heterocycles. The van der Waals surface area contributed by atoms with E-state index in [1.165, 1.54) is 18.2 Å². The molecule has 2 nitrogen and oxygen atoms in total. The summed E-state index contributed by atoms with van der Waals surface area (Å²) in [7, 11) is 0. The molecule has 0 bridgehead atoms. The Labute approximate surface area is 107 Å². The number of ether oxygens (including phenoxy) is 1. The molecule has 0 saturated heterocycles. The zero-order valence-corrected chi connectivity index (χ0v) is 9.71. The second kappa shape index (κ2) is 5.03. The van der Waals surface area contributed by atoms with Crippen LogP contribution in [0.4, 0.5) is 8.78 Å². The maximum Gasteiger partial charge on any atom is 0.146 e. The topological polar surface area (TPSA) is 33.0 Å². The average molecular weight is 266 g/mol. The highest BCUT2D eigenvalue weighted by atomic mass is 35.5. The van der Waals surface area contributed by atoms with Crippen LogP contribution in [0.5, 0.6) is 11.5 Å². The van der Waals surface area contributed by atoms with E-state index in [1.807, 2.05) is 6.07 Å². The predicted octanol–water partition coefficient (Wildman–Crippen LogP) is 4.28. The fraction of sp³-hybridized carbons (Fsp3) is 0. The lowest BCUT2D eigenvalue weighted by atomic mass is 10.2. The van der Waals surface area contributed by atoms with E-state index in [-0.39, 0.29) is 17.1 Å². The van der Waals surface area contributed by atoms with Crippen LogP contribution in [0.25, 0.3) is 0 Å². The van der Waals surface area contributed by atoms with Gasteiger partial charge in [-0.15, -0.1) is 0 Å². The minimum Gasteiger partial charge on any atom is -0.456 e. The number of hydrogen-bond acceptors (Lipinski definition) is 2. The summed E-state index contributed by atoms with van der Waals surface area (Å²) in [4.78, 5) is 0. The minimum atomic E-state index is -0.759. The van der Waals surface area contributed by atoms with Gasteiger partial charge in [-0.1, -0.05) is 11.6 Å². The Morgan fingerprint density at radius 1 is 1.06 bits per heavy atom. The van der Waals surface area contributed by atoms with Gasteiger partial charge in [0.2, 0.25) is 0 Å². The minimum absolute atomic E-state index is 0.0359. The van der Waals surface area contributed by atoms with Gasteiger partial charge in [-0.25, -0.2) is 8.78 Å². The van der Waals surface area contributed by atoms with Gasteiger partial charge in [0, 0.05) is 29.3 Å². The first-order valence-corrected chi connectivity index (χ1v) is 5.30. The molecule has 0 N–H and O–H groups in total. The zero-order valence-electron chi connectivity index (χ0n) is 8.95. The highest BCUT2D eigenvalue weighted by molar-refractivity contribution is 6.30. The molecule has 0 aromatic heterocycles. The number of nitriles is 1. The Bertz CT molecular complexity index is 617. The fourth-order valence-corrected chi connectivity index (χ4v) is 1.55. The Hall–Kier alpha value is -2.12. The molecule has 0 atom stereocenters. The van der Waals surface area contributed by atoms with Gasteiger partial charge in [0.25, 0.3) is 0 Å². The number of rotatable bonds is 2. The Morgan fingerprint density at radius 3 is 2.33 bits per heavy atom. The van der Waals surface area contributed by atoms with Crippen molar-refractivity contribution in [3.63, 3.8) is 0 Å². The molecule has 0 amide bonds. The monoisotopic (exact) mass is 265 g/mol. The molecular formula is C13H6ClF2NO. The summed E-state index contributed by atoms with van der Waals surface area (Å²) in [6.07, 6.45) is 0. The molecule has 18 heavy (non-hydrogen) atoms. The van der Waals surface area contributed by atoms with E-state index < -0.39 is 11.6 Å². The van der Waals surface area contributed by atoms with Gasteiger partial charge in [-0.2, -0.15) is 5.26 Å². The number of hydrogen-bond donors (Lipinski definition) is 0. The summed E-state index contributed by atoms with van der Waals surface area (Å²) in [5.41, 5.74) is 0.226. The molecular weight excluding hydrogens is 260 g/mol. The van der Waals surface area contributed by atoms with E-state index in [2.05, 4.69) is 0 Å². The third kappa shape index (κ3) is 2.76. The first-order valence-electron chi connectivity index (χ1n) is 4.92. The Balaban J connectivity index is 2.39. The van der Waals surface area contributed by atoms with E-state index in [0.29, 0.717) is 5.02 Å². The van der Waals surface area contributed by atoms with Crippen molar-refractivity contribution in [1.29, 1.82) is 5.26 Å². The van der Waals surface area contributed by atoms with Crippen molar-refractivity contribution >= 4 is 11.6 Å². The van der Waals surface area contributed by atoms with Crippen LogP contribution in [-0.2, 0) is 0 Å². The summed E-state index contributed by atoms with van der Waals surface area (Å²) >= 11 is 5.77. The molecule has 0 aliphatic heterocycles. The lowest BCUT2D eigenvalue weighted by molar-refractivity contribution is 0.467. The summed E-state index contributed by atoms with van der Waals surface area (Å²) < 4.78 is 31.2. The SMILES string of the molecule is N#Cc1ccc(Cl)cc1Oc1cc(F)cc(F)c1. The van der Waals surface area contributed by atoms with Crippen LogP contribution < -0.4 is 4.74 Å². The molecule has 0 fully saturated rings. The molecule has 0 spiro atoms. The molecule has 2 aromatic carbocycles. The van der Waals surface area contributed by atoms with Crippen molar-refractivity contribution in [2.24, 2.45) is 0 Å². The van der Waals surface area contributed by atoms with E-state index in [0.717, 1.165) is 18.2 Å². The van der Waals surface area contributed by atoms with Gasteiger partial charge in [-0.3, -0.25) is 0 Å². The standard InChI is InChI=1S/C13H6ClF2NO/c14-9-2-1-8(7-17)13(3-9)18-12-5-10(15)4-11(16)6-12/h1-6H. The Morgan fingerprint density at radius 2 is 1.72 bits per heavy atom. The quantitative estimate of drug-likeness (QED) is 0.812. The highest BCUT2D eigenvalue weighted by Gasteiger charge is 2.08. The van der Waals surface area contributed by atoms with Crippen LogP contribution in [0.15, 0.2) is 36.4 Å². The van der Waals surface area contributed by atoms with E-state index in [9.17, 15) is 8.78 Å². The summed E-state index contributed by atoms with van der Waals surface area (Å²) in [6, 6.07) is 9.07. The van der Waals surface area contributed by atoms with Crippen LogP contribution in [0.3, 0.4) is 0 Å². The van der Waals surface area contributed by atoms with Gasteiger partial charge < -0.3 is 4.74 Å². The van der Waals surface area contributed by atoms with Crippen LogP contribution in [0, 0.1) is 23.0 Å². The second-order valence-electron chi connectivity index (χ2n) is 3.46. The number of benzene rings is 2. The fourth-order valence-electron chi connectivity index (χ4n) is 1.39. The molecule has 90 valence electrons. The zero-order chi connectivity index (χ0) is 13.1. The van der Waals surface area contributed by atoms with Gasteiger partial charge in [-0.05, 0) is 12.1 Å². The molecule has 2 rings (SSSR count). The van der Waals surface area contributed by atoms with Crippen LogP contribution >= 0.6 is 11.6 Å². The lowest BCUT2D eigenvalue weighted by Gasteiger charge is -2.08. The summed E-state index contributed by atoms with van der Waals surface area (Å²) in [5.74, 6) is -1.41. The summed E-state index contributed by atoms with van der Waals surface area (Å²) in [5, 5.41) is 9.24. The third-order valence-corrected chi connectivity index (χ3v) is 2.36. The van der Waals surface area contributed by atoms with Crippen LogP contribution in [-0.4, -0.2) is 0 Å². The van der Waals surface area contributed by atoms with E-state index in [4.69, 9.17) is 21.6 Å².